The van der Waals surface area contributed by atoms with Crippen LogP contribution in [0.15, 0.2) is 56.7 Å². The van der Waals surface area contributed by atoms with Crippen LogP contribution in [0.25, 0.3) is 0 Å². The van der Waals surface area contributed by atoms with Crippen molar-refractivity contribution in [1.29, 1.82) is 0 Å². The van der Waals surface area contributed by atoms with Crippen molar-refractivity contribution >= 4 is 5.91 Å². The van der Waals surface area contributed by atoms with Crippen molar-refractivity contribution in [3.05, 3.63) is 86.6 Å². The van der Waals surface area contributed by atoms with Crippen LogP contribution in [-0.4, -0.2) is 31.9 Å². The molecule has 0 bridgehead atoms. The third-order valence-electron chi connectivity index (χ3n) is 5.43. The molecule has 30 heavy (non-hydrogen) atoms. The van der Waals surface area contributed by atoms with Crippen LogP contribution in [0.1, 0.15) is 37.0 Å². The molecule has 1 aliphatic rings. The van der Waals surface area contributed by atoms with Gasteiger partial charge < -0.3 is 9.32 Å². The van der Waals surface area contributed by atoms with Gasteiger partial charge in [-0.15, -0.1) is 0 Å². The molecular weight excluding hydrogens is 391 g/mol. The SMILES string of the molecule is CC1(c2ncc(Cc3cccc(F)c3)o2)CCCN1C(=O)Cn1ccc(=O)[nH]c1=O. The van der Waals surface area contributed by atoms with E-state index in [1.165, 1.54) is 24.4 Å². The van der Waals surface area contributed by atoms with Crippen molar-refractivity contribution in [2.24, 2.45) is 0 Å². The number of aromatic nitrogens is 3. The number of benzene rings is 1. The first-order chi connectivity index (χ1) is 14.3. The Morgan fingerprint density at radius 1 is 1.33 bits per heavy atom. The van der Waals surface area contributed by atoms with E-state index in [1.807, 2.05) is 6.92 Å². The number of H-pyrrole nitrogens is 1. The summed E-state index contributed by atoms with van der Waals surface area (Å²) < 4.78 is 20.5. The van der Waals surface area contributed by atoms with Crippen LogP contribution in [0.3, 0.4) is 0 Å². The lowest BCUT2D eigenvalue weighted by atomic mass is 9.99. The van der Waals surface area contributed by atoms with Crippen molar-refractivity contribution in [3.63, 3.8) is 0 Å². The van der Waals surface area contributed by atoms with Gasteiger partial charge in [0.25, 0.3) is 5.56 Å². The van der Waals surface area contributed by atoms with Crippen molar-refractivity contribution in [2.45, 2.75) is 38.3 Å². The van der Waals surface area contributed by atoms with E-state index in [0.717, 1.165) is 16.6 Å². The average Bonchev–Trinajstić information content (AvgIpc) is 3.32. The largest absolute Gasteiger partial charge is 0.443 e. The molecule has 1 aliphatic heterocycles. The number of hydrogen-bond acceptors (Lipinski definition) is 5. The van der Waals surface area contributed by atoms with Gasteiger partial charge in [0.15, 0.2) is 0 Å². The van der Waals surface area contributed by atoms with E-state index in [9.17, 15) is 18.8 Å². The molecule has 8 nitrogen and oxygen atoms in total. The molecular formula is C21H21FN4O4. The number of amides is 1. The molecule has 0 saturated carbocycles. The van der Waals surface area contributed by atoms with Gasteiger partial charge in [-0.1, -0.05) is 12.1 Å². The molecule has 1 aromatic carbocycles. The highest BCUT2D eigenvalue weighted by Crippen LogP contribution is 2.38. The first-order valence-electron chi connectivity index (χ1n) is 9.65. The highest BCUT2D eigenvalue weighted by Gasteiger charge is 2.44. The number of nitrogens with one attached hydrogen (secondary N) is 1. The van der Waals surface area contributed by atoms with Crippen LogP contribution in [-0.2, 0) is 23.3 Å². The summed E-state index contributed by atoms with van der Waals surface area (Å²) in [7, 11) is 0. The third-order valence-corrected chi connectivity index (χ3v) is 5.43. The number of likely N-dealkylation sites (tertiary alicyclic amines) is 1. The number of carbonyl (C=O) groups excluding carboxylic acids is 1. The fourth-order valence-corrected chi connectivity index (χ4v) is 3.87. The zero-order valence-electron chi connectivity index (χ0n) is 16.4. The molecule has 0 spiro atoms. The van der Waals surface area contributed by atoms with Crippen LogP contribution in [0.2, 0.25) is 0 Å². The number of halogens is 1. The van der Waals surface area contributed by atoms with Crippen molar-refractivity contribution in [3.8, 4) is 0 Å². The number of hydrogen-bond donors (Lipinski definition) is 1. The van der Waals surface area contributed by atoms with Crippen LogP contribution < -0.4 is 11.2 Å². The Kier molecular flexibility index (Phi) is 5.11. The summed E-state index contributed by atoms with van der Waals surface area (Å²) in [5.74, 6) is 0.403. The lowest BCUT2D eigenvalue weighted by Crippen LogP contribution is -2.46. The minimum Gasteiger partial charge on any atom is -0.443 e. The zero-order valence-corrected chi connectivity index (χ0v) is 16.4. The Bertz CT molecular complexity index is 1200. The zero-order chi connectivity index (χ0) is 21.3. The molecule has 1 amide bonds. The average molecular weight is 412 g/mol. The molecule has 3 aromatic rings. The van der Waals surface area contributed by atoms with E-state index in [2.05, 4.69) is 9.97 Å². The third kappa shape index (κ3) is 3.83. The quantitative estimate of drug-likeness (QED) is 0.689. The first-order valence-corrected chi connectivity index (χ1v) is 9.65. The monoisotopic (exact) mass is 412 g/mol. The van der Waals surface area contributed by atoms with E-state index in [4.69, 9.17) is 4.42 Å². The lowest BCUT2D eigenvalue weighted by Gasteiger charge is -2.32. The second-order valence-corrected chi connectivity index (χ2v) is 7.60. The molecule has 4 rings (SSSR count). The normalized spacial score (nSPS) is 18.7. The maximum atomic E-state index is 13.4. The lowest BCUT2D eigenvalue weighted by molar-refractivity contribution is -0.136. The van der Waals surface area contributed by atoms with Gasteiger partial charge >= 0.3 is 5.69 Å². The van der Waals surface area contributed by atoms with E-state index in [-0.39, 0.29) is 18.3 Å². The standard InChI is InChI=1S/C21H21FN4O4/c1-21(19-23-12-16(30-19)11-14-4-2-5-15(22)10-14)7-3-8-26(21)18(28)13-25-9-6-17(27)24-20(25)29/h2,4-6,9-10,12H,3,7-8,11,13H2,1H3,(H,24,27,29). The van der Waals surface area contributed by atoms with E-state index >= 15 is 0 Å². The Morgan fingerprint density at radius 3 is 2.93 bits per heavy atom. The Balaban J connectivity index is 1.54. The second-order valence-electron chi connectivity index (χ2n) is 7.60. The van der Waals surface area contributed by atoms with Gasteiger partial charge in [0.05, 0.1) is 6.20 Å². The number of carbonyl (C=O) groups is 1. The van der Waals surface area contributed by atoms with Crippen LogP contribution >= 0.6 is 0 Å². The van der Waals surface area contributed by atoms with Gasteiger partial charge in [0.2, 0.25) is 11.8 Å². The molecule has 2 aromatic heterocycles. The maximum absolute atomic E-state index is 13.4. The number of oxazole rings is 1. The Hall–Kier alpha value is -3.49. The molecule has 1 atom stereocenters. The van der Waals surface area contributed by atoms with E-state index in [0.29, 0.717) is 31.0 Å². The van der Waals surface area contributed by atoms with Gasteiger partial charge in [-0.25, -0.2) is 14.2 Å². The predicted molar refractivity (Wildman–Crippen MR) is 105 cm³/mol. The first kappa shape index (κ1) is 19.8. The Labute approximate surface area is 171 Å². The molecule has 9 heteroatoms. The summed E-state index contributed by atoms with van der Waals surface area (Å²) in [6.45, 7) is 2.20. The van der Waals surface area contributed by atoms with Crippen LogP contribution in [0.4, 0.5) is 4.39 Å². The van der Waals surface area contributed by atoms with Gasteiger partial charge in [-0.05, 0) is 37.5 Å². The maximum Gasteiger partial charge on any atom is 0.328 e. The minimum absolute atomic E-state index is 0.192. The fraction of sp³-hybridized carbons (Fsp3) is 0.333. The summed E-state index contributed by atoms with van der Waals surface area (Å²) in [4.78, 5) is 44.2. The van der Waals surface area contributed by atoms with Crippen LogP contribution in [0, 0.1) is 5.82 Å². The number of aromatic amines is 1. The Morgan fingerprint density at radius 2 is 2.17 bits per heavy atom. The summed E-state index contributed by atoms with van der Waals surface area (Å²) >= 11 is 0. The van der Waals surface area contributed by atoms with E-state index < -0.39 is 16.8 Å². The fourth-order valence-electron chi connectivity index (χ4n) is 3.87. The molecule has 1 unspecified atom stereocenters. The van der Waals surface area contributed by atoms with Gasteiger partial charge in [-0.2, -0.15) is 0 Å². The molecule has 156 valence electrons. The molecule has 3 heterocycles. The van der Waals surface area contributed by atoms with Gasteiger partial charge in [0.1, 0.15) is 23.7 Å². The minimum atomic E-state index is -0.747. The topological polar surface area (TPSA) is 101 Å². The van der Waals surface area contributed by atoms with E-state index in [1.54, 1.807) is 23.2 Å². The highest BCUT2D eigenvalue weighted by molar-refractivity contribution is 5.77. The predicted octanol–water partition coefficient (Wildman–Crippen LogP) is 1.79. The number of nitrogens with zero attached hydrogens (tertiary/aromatic N) is 3. The highest BCUT2D eigenvalue weighted by atomic mass is 19.1. The summed E-state index contributed by atoms with van der Waals surface area (Å²) in [6, 6.07) is 7.47. The van der Waals surface area contributed by atoms with Crippen molar-refractivity contribution in [2.75, 3.05) is 6.54 Å². The van der Waals surface area contributed by atoms with Gasteiger partial charge in [0, 0.05) is 25.2 Å². The summed E-state index contributed by atoms with van der Waals surface area (Å²) in [5, 5.41) is 0. The number of rotatable bonds is 5. The van der Waals surface area contributed by atoms with Crippen molar-refractivity contribution in [1.82, 2.24) is 19.4 Å². The summed E-state index contributed by atoms with van der Waals surface area (Å²) in [6.07, 6.45) is 4.72. The molecule has 0 aliphatic carbocycles. The molecule has 1 fully saturated rings. The smallest absolute Gasteiger partial charge is 0.328 e. The second kappa shape index (κ2) is 7.74. The molecule has 1 saturated heterocycles. The van der Waals surface area contributed by atoms with Crippen LogP contribution in [0.5, 0.6) is 0 Å². The van der Waals surface area contributed by atoms with Crippen molar-refractivity contribution < 1.29 is 13.6 Å². The summed E-state index contributed by atoms with van der Waals surface area (Å²) in [5.41, 5.74) is -1.13. The molecule has 1 N–H and O–H groups in total. The molecule has 0 radical (unpaired) electrons. The van der Waals surface area contributed by atoms with Gasteiger partial charge in [-0.3, -0.25) is 19.1 Å².